The van der Waals surface area contributed by atoms with Crippen molar-refractivity contribution in [2.75, 3.05) is 31.0 Å². The number of methoxy groups -OCH3 is 2. The Balaban J connectivity index is 1.41. The predicted molar refractivity (Wildman–Crippen MR) is 128 cm³/mol. The number of aromatic nitrogens is 4. The van der Waals surface area contributed by atoms with Crippen molar-refractivity contribution >= 4 is 34.2 Å². The summed E-state index contributed by atoms with van der Waals surface area (Å²) in [4.78, 5) is 46.4. The zero-order chi connectivity index (χ0) is 24.5. The van der Waals surface area contributed by atoms with E-state index in [4.69, 9.17) is 9.47 Å². The van der Waals surface area contributed by atoms with E-state index in [-0.39, 0.29) is 30.3 Å². The van der Waals surface area contributed by atoms with E-state index in [1.165, 1.54) is 29.2 Å². The standard InChI is InChI=1S/C24H22N6O5/c1-34-15-7-8-20(35-2)19(10-15)29-12-14(9-21(29)31)23(32)28-17-5-3-4-6-18(17)30-22-16(11-27-30)24(33)26-13-25-22/h3-8,10-11,13-14H,9,12H2,1-2H3,(H,28,32)(H,25,26,33). The summed E-state index contributed by atoms with van der Waals surface area (Å²) in [5.41, 5.74) is 1.63. The summed E-state index contributed by atoms with van der Waals surface area (Å²) in [5, 5.41) is 7.53. The number of hydrogen-bond donors (Lipinski definition) is 2. The number of carbonyl (C=O) groups is 2. The van der Waals surface area contributed by atoms with Crippen molar-refractivity contribution in [2.24, 2.45) is 5.92 Å². The summed E-state index contributed by atoms with van der Waals surface area (Å²) >= 11 is 0. The number of para-hydroxylation sites is 2. The summed E-state index contributed by atoms with van der Waals surface area (Å²) in [6, 6.07) is 12.2. The highest BCUT2D eigenvalue weighted by atomic mass is 16.5. The first-order valence-corrected chi connectivity index (χ1v) is 10.8. The maximum atomic E-state index is 13.2. The van der Waals surface area contributed by atoms with Gasteiger partial charge < -0.3 is 24.7 Å². The molecule has 1 unspecified atom stereocenters. The third kappa shape index (κ3) is 3.97. The minimum atomic E-state index is -0.582. The van der Waals surface area contributed by atoms with Gasteiger partial charge in [0, 0.05) is 19.0 Å². The summed E-state index contributed by atoms with van der Waals surface area (Å²) in [6.45, 7) is 0.192. The molecule has 2 aromatic heterocycles. The Bertz CT molecular complexity index is 1490. The Labute approximate surface area is 199 Å². The Hall–Kier alpha value is -4.67. The molecule has 0 radical (unpaired) electrons. The van der Waals surface area contributed by atoms with E-state index in [2.05, 4.69) is 20.4 Å². The van der Waals surface area contributed by atoms with E-state index >= 15 is 0 Å². The number of ether oxygens (including phenoxy) is 2. The molecule has 2 aromatic carbocycles. The number of rotatable bonds is 6. The Kier molecular flexibility index (Phi) is 5.65. The molecule has 1 saturated heterocycles. The molecule has 2 amide bonds. The van der Waals surface area contributed by atoms with Crippen LogP contribution in [-0.4, -0.2) is 52.3 Å². The highest BCUT2D eigenvalue weighted by Crippen LogP contribution is 2.36. The Morgan fingerprint density at radius 3 is 2.74 bits per heavy atom. The van der Waals surface area contributed by atoms with Crippen LogP contribution in [0.1, 0.15) is 6.42 Å². The lowest BCUT2D eigenvalue weighted by molar-refractivity contribution is -0.122. The van der Waals surface area contributed by atoms with Crippen LogP contribution in [0.25, 0.3) is 16.7 Å². The van der Waals surface area contributed by atoms with Gasteiger partial charge in [0.05, 0.1) is 49.7 Å². The first-order valence-electron chi connectivity index (χ1n) is 10.8. The van der Waals surface area contributed by atoms with Crippen LogP contribution in [0.3, 0.4) is 0 Å². The molecule has 4 aromatic rings. The van der Waals surface area contributed by atoms with E-state index < -0.39 is 5.92 Å². The zero-order valence-corrected chi connectivity index (χ0v) is 19.0. The van der Waals surface area contributed by atoms with Crippen LogP contribution in [0.2, 0.25) is 0 Å². The van der Waals surface area contributed by atoms with Crippen molar-refractivity contribution in [2.45, 2.75) is 6.42 Å². The first kappa shape index (κ1) is 22.1. The lowest BCUT2D eigenvalue weighted by Gasteiger charge is -2.20. The summed E-state index contributed by atoms with van der Waals surface area (Å²) < 4.78 is 12.2. The van der Waals surface area contributed by atoms with Gasteiger partial charge in [-0.05, 0) is 24.3 Å². The van der Waals surface area contributed by atoms with Gasteiger partial charge in [0.2, 0.25) is 11.8 Å². The van der Waals surface area contributed by atoms with E-state index in [0.29, 0.717) is 39.6 Å². The number of fused-ring (bicyclic) bond motifs is 1. The fourth-order valence-corrected chi connectivity index (χ4v) is 4.16. The lowest BCUT2D eigenvalue weighted by atomic mass is 10.1. The number of anilines is 2. The number of hydrogen-bond acceptors (Lipinski definition) is 7. The van der Waals surface area contributed by atoms with Crippen molar-refractivity contribution in [1.82, 2.24) is 19.7 Å². The molecule has 0 spiro atoms. The fourth-order valence-electron chi connectivity index (χ4n) is 4.16. The second-order valence-electron chi connectivity index (χ2n) is 7.97. The molecular formula is C24H22N6O5. The zero-order valence-electron chi connectivity index (χ0n) is 19.0. The Morgan fingerprint density at radius 2 is 1.94 bits per heavy atom. The molecule has 3 heterocycles. The van der Waals surface area contributed by atoms with Gasteiger partial charge in [0.1, 0.15) is 16.9 Å². The Morgan fingerprint density at radius 1 is 1.11 bits per heavy atom. The minimum Gasteiger partial charge on any atom is -0.497 e. The number of amides is 2. The second kappa shape index (κ2) is 8.93. The molecule has 0 aliphatic carbocycles. The van der Waals surface area contributed by atoms with Gasteiger partial charge in [-0.3, -0.25) is 14.4 Å². The van der Waals surface area contributed by atoms with Gasteiger partial charge in [0.25, 0.3) is 5.56 Å². The topological polar surface area (TPSA) is 131 Å². The lowest BCUT2D eigenvalue weighted by Crippen LogP contribution is -2.28. The number of nitrogens with one attached hydrogen (secondary N) is 2. The van der Waals surface area contributed by atoms with E-state index in [1.54, 1.807) is 49.6 Å². The number of nitrogens with zero attached hydrogens (tertiary/aromatic N) is 4. The molecule has 1 aliphatic rings. The largest absolute Gasteiger partial charge is 0.497 e. The second-order valence-corrected chi connectivity index (χ2v) is 7.97. The summed E-state index contributed by atoms with van der Waals surface area (Å²) in [7, 11) is 3.06. The first-order chi connectivity index (χ1) is 17.0. The van der Waals surface area contributed by atoms with Crippen molar-refractivity contribution < 1.29 is 19.1 Å². The third-order valence-electron chi connectivity index (χ3n) is 5.93. The monoisotopic (exact) mass is 474 g/mol. The van der Waals surface area contributed by atoms with E-state index in [0.717, 1.165) is 0 Å². The van der Waals surface area contributed by atoms with Crippen LogP contribution in [-0.2, 0) is 9.59 Å². The molecule has 1 atom stereocenters. The fraction of sp³-hybridized carbons (Fsp3) is 0.208. The maximum Gasteiger partial charge on any atom is 0.261 e. The molecule has 11 heteroatoms. The average molecular weight is 474 g/mol. The molecule has 1 aliphatic heterocycles. The molecule has 5 rings (SSSR count). The normalized spacial score (nSPS) is 15.4. The third-order valence-corrected chi connectivity index (χ3v) is 5.93. The predicted octanol–water partition coefficient (Wildman–Crippen LogP) is 2.12. The number of benzene rings is 2. The van der Waals surface area contributed by atoms with Gasteiger partial charge in [0.15, 0.2) is 5.65 Å². The molecule has 11 nitrogen and oxygen atoms in total. The van der Waals surface area contributed by atoms with Crippen molar-refractivity contribution in [1.29, 1.82) is 0 Å². The molecule has 1 fully saturated rings. The van der Waals surface area contributed by atoms with Crippen LogP contribution in [0.4, 0.5) is 11.4 Å². The van der Waals surface area contributed by atoms with Gasteiger partial charge in [-0.1, -0.05) is 12.1 Å². The van der Waals surface area contributed by atoms with Gasteiger partial charge in [-0.15, -0.1) is 0 Å². The molecule has 0 bridgehead atoms. The van der Waals surface area contributed by atoms with Crippen LogP contribution < -0.4 is 25.2 Å². The maximum absolute atomic E-state index is 13.2. The van der Waals surface area contributed by atoms with Crippen molar-refractivity contribution in [3.63, 3.8) is 0 Å². The molecule has 178 valence electrons. The average Bonchev–Trinajstić information content (AvgIpc) is 3.48. The highest BCUT2D eigenvalue weighted by Gasteiger charge is 2.36. The van der Waals surface area contributed by atoms with Gasteiger partial charge >= 0.3 is 0 Å². The quantitative estimate of drug-likeness (QED) is 0.438. The van der Waals surface area contributed by atoms with Crippen LogP contribution in [0.5, 0.6) is 11.5 Å². The molecule has 2 N–H and O–H groups in total. The van der Waals surface area contributed by atoms with Crippen LogP contribution >= 0.6 is 0 Å². The number of H-pyrrole nitrogens is 1. The summed E-state index contributed by atoms with van der Waals surface area (Å²) in [5.74, 6) is 0.0126. The highest BCUT2D eigenvalue weighted by molar-refractivity contribution is 6.04. The number of carbonyl (C=O) groups excluding carboxylic acids is 2. The SMILES string of the molecule is COc1ccc(OC)c(N2CC(C(=O)Nc3ccccc3-n3ncc4c(=O)[nH]cnc43)CC2=O)c1. The van der Waals surface area contributed by atoms with Crippen molar-refractivity contribution in [3.05, 3.63) is 65.3 Å². The summed E-state index contributed by atoms with van der Waals surface area (Å²) in [6.07, 6.45) is 2.78. The molecular weight excluding hydrogens is 452 g/mol. The van der Waals surface area contributed by atoms with E-state index in [9.17, 15) is 14.4 Å². The van der Waals surface area contributed by atoms with Crippen molar-refractivity contribution in [3.8, 4) is 17.2 Å². The van der Waals surface area contributed by atoms with Gasteiger partial charge in [-0.2, -0.15) is 5.10 Å². The van der Waals surface area contributed by atoms with Crippen LogP contribution in [0.15, 0.2) is 59.8 Å². The van der Waals surface area contributed by atoms with Crippen LogP contribution in [0, 0.1) is 5.92 Å². The molecule has 35 heavy (non-hydrogen) atoms. The van der Waals surface area contributed by atoms with Gasteiger partial charge in [-0.25, -0.2) is 9.67 Å². The minimum absolute atomic E-state index is 0.0516. The van der Waals surface area contributed by atoms with E-state index in [1.807, 2.05) is 0 Å². The number of aromatic amines is 1. The molecule has 0 saturated carbocycles. The smallest absolute Gasteiger partial charge is 0.261 e.